The van der Waals surface area contributed by atoms with Gasteiger partial charge in [0.1, 0.15) is 11.6 Å². The zero-order chi connectivity index (χ0) is 20.8. The van der Waals surface area contributed by atoms with Crippen LogP contribution >= 0.6 is 0 Å². The van der Waals surface area contributed by atoms with Crippen LogP contribution in [0.1, 0.15) is 36.3 Å². The Kier molecular flexibility index (Phi) is 4.68. The molecule has 0 unspecified atom stereocenters. The standard InChI is InChI=1S/C23H28N6O/c1-15-5-9-19(10-6-15)29-22-20(16(2)26-29)21(24-17(3)25-22)27-11-4-12-28(14-13-27)23(30)18-7-8-18/h5-6,9-10,18H,4,7-8,11-14H2,1-3H3. The van der Waals surface area contributed by atoms with Gasteiger partial charge in [-0.2, -0.15) is 5.10 Å². The molecule has 1 amide bonds. The molecule has 30 heavy (non-hydrogen) atoms. The highest BCUT2D eigenvalue weighted by atomic mass is 16.2. The largest absolute Gasteiger partial charge is 0.354 e. The zero-order valence-corrected chi connectivity index (χ0v) is 17.9. The van der Waals surface area contributed by atoms with E-state index in [1.54, 1.807) is 0 Å². The van der Waals surface area contributed by atoms with Crippen LogP contribution < -0.4 is 4.90 Å². The molecule has 0 bridgehead atoms. The van der Waals surface area contributed by atoms with Gasteiger partial charge >= 0.3 is 0 Å². The van der Waals surface area contributed by atoms with Gasteiger partial charge in [-0.15, -0.1) is 0 Å². The fraction of sp³-hybridized carbons (Fsp3) is 0.478. The molecule has 1 saturated heterocycles. The Hall–Kier alpha value is -2.96. The molecule has 5 rings (SSSR count). The van der Waals surface area contributed by atoms with E-state index in [1.165, 1.54) is 5.56 Å². The fourth-order valence-electron chi connectivity index (χ4n) is 4.30. The lowest BCUT2D eigenvalue weighted by Crippen LogP contribution is -2.36. The van der Waals surface area contributed by atoms with E-state index in [2.05, 4.69) is 36.1 Å². The highest BCUT2D eigenvalue weighted by molar-refractivity contribution is 5.91. The van der Waals surface area contributed by atoms with E-state index in [-0.39, 0.29) is 5.92 Å². The van der Waals surface area contributed by atoms with Crippen molar-refractivity contribution in [3.63, 3.8) is 0 Å². The molecule has 7 heteroatoms. The molecule has 1 aliphatic carbocycles. The van der Waals surface area contributed by atoms with Crippen LogP contribution in [0.25, 0.3) is 16.7 Å². The third kappa shape index (κ3) is 3.42. The minimum Gasteiger partial charge on any atom is -0.354 e. The Bertz CT molecular complexity index is 1100. The first-order chi connectivity index (χ1) is 14.5. The van der Waals surface area contributed by atoms with Gasteiger partial charge in [-0.3, -0.25) is 4.79 Å². The van der Waals surface area contributed by atoms with Crippen LogP contribution in [-0.4, -0.2) is 56.7 Å². The Labute approximate surface area is 176 Å². The van der Waals surface area contributed by atoms with Crippen molar-refractivity contribution in [2.45, 2.75) is 40.0 Å². The van der Waals surface area contributed by atoms with Crippen LogP contribution in [0.5, 0.6) is 0 Å². The molecule has 0 atom stereocenters. The third-order valence-corrected chi connectivity index (χ3v) is 6.11. The van der Waals surface area contributed by atoms with Crippen molar-refractivity contribution < 1.29 is 4.79 Å². The summed E-state index contributed by atoms with van der Waals surface area (Å²) in [6.45, 7) is 9.30. The third-order valence-electron chi connectivity index (χ3n) is 6.11. The van der Waals surface area contributed by atoms with Gasteiger partial charge in [0.2, 0.25) is 5.91 Å². The topological polar surface area (TPSA) is 67.2 Å². The molecule has 2 aromatic heterocycles. The quantitative estimate of drug-likeness (QED) is 0.671. The van der Waals surface area contributed by atoms with Gasteiger partial charge in [0.25, 0.3) is 0 Å². The van der Waals surface area contributed by atoms with E-state index in [0.717, 1.165) is 79.5 Å². The number of amides is 1. The first-order valence-electron chi connectivity index (χ1n) is 10.9. The van der Waals surface area contributed by atoms with Gasteiger partial charge in [-0.25, -0.2) is 14.6 Å². The van der Waals surface area contributed by atoms with Gasteiger partial charge in [0.05, 0.1) is 16.8 Å². The Morgan fingerprint density at radius 2 is 1.73 bits per heavy atom. The second-order valence-electron chi connectivity index (χ2n) is 8.57. The van der Waals surface area contributed by atoms with Crippen LogP contribution in [0.4, 0.5) is 5.82 Å². The lowest BCUT2D eigenvalue weighted by atomic mass is 10.2. The van der Waals surface area contributed by atoms with Crippen molar-refractivity contribution in [3.8, 4) is 5.69 Å². The maximum absolute atomic E-state index is 12.5. The average molecular weight is 405 g/mol. The second kappa shape index (κ2) is 7.38. The first kappa shape index (κ1) is 19.0. The van der Waals surface area contributed by atoms with Crippen LogP contribution in [0.2, 0.25) is 0 Å². The molecule has 1 aliphatic heterocycles. The molecule has 0 spiro atoms. The normalized spacial score (nSPS) is 17.4. The van der Waals surface area contributed by atoms with Gasteiger partial charge < -0.3 is 9.80 Å². The van der Waals surface area contributed by atoms with Crippen molar-refractivity contribution in [2.24, 2.45) is 5.92 Å². The van der Waals surface area contributed by atoms with Crippen LogP contribution in [-0.2, 0) is 4.79 Å². The predicted molar refractivity (Wildman–Crippen MR) is 117 cm³/mol. The molecular formula is C23H28N6O. The highest BCUT2D eigenvalue weighted by Gasteiger charge is 2.34. The van der Waals surface area contributed by atoms with Gasteiger partial charge in [-0.05, 0) is 52.2 Å². The second-order valence-corrected chi connectivity index (χ2v) is 8.57. The monoisotopic (exact) mass is 404 g/mol. The predicted octanol–water partition coefficient (Wildman–Crippen LogP) is 3.19. The lowest BCUT2D eigenvalue weighted by molar-refractivity contribution is -0.132. The van der Waals surface area contributed by atoms with Gasteiger partial charge in [0, 0.05) is 32.1 Å². The number of anilines is 1. The molecule has 1 aromatic carbocycles. The summed E-state index contributed by atoms with van der Waals surface area (Å²) >= 11 is 0. The highest BCUT2D eigenvalue weighted by Crippen LogP contribution is 2.32. The lowest BCUT2D eigenvalue weighted by Gasteiger charge is -2.23. The number of hydrogen-bond acceptors (Lipinski definition) is 5. The van der Waals surface area contributed by atoms with E-state index in [1.807, 2.05) is 23.4 Å². The SMILES string of the molecule is Cc1ccc(-n2nc(C)c3c(N4CCCN(C(=O)C5CC5)CC4)nc(C)nc32)cc1. The minimum absolute atomic E-state index is 0.277. The van der Waals surface area contributed by atoms with Gasteiger partial charge in [-0.1, -0.05) is 17.7 Å². The van der Waals surface area contributed by atoms with Gasteiger partial charge in [0.15, 0.2) is 5.65 Å². The first-order valence-corrected chi connectivity index (χ1v) is 10.9. The van der Waals surface area contributed by atoms with E-state index >= 15 is 0 Å². The van der Waals surface area contributed by atoms with E-state index < -0.39 is 0 Å². The molecule has 0 radical (unpaired) electrons. The zero-order valence-electron chi connectivity index (χ0n) is 17.9. The van der Waals surface area contributed by atoms with Crippen molar-refractivity contribution in [3.05, 3.63) is 41.3 Å². The number of rotatable bonds is 3. The smallest absolute Gasteiger partial charge is 0.225 e. The molecule has 2 fully saturated rings. The van der Waals surface area contributed by atoms with E-state index in [9.17, 15) is 4.79 Å². The summed E-state index contributed by atoms with van der Waals surface area (Å²) in [4.78, 5) is 26.5. The summed E-state index contributed by atoms with van der Waals surface area (Å²) in [6.07, 6.45) is 3.07. The fourth-order valence-corrected chi connectivity index (χ4v) is 4.30. The number of benzene rings is 1. The summed E-state index contributed by atoms with van der Waals surface area (Å²) in [7, 11) is 0. The number of aromatic nitrogens is 4. The number of nitrogens with zero attached hydrogens (tertiary/aromatic N) is 6. The Morgan fingerprint density at radius 3 is 2.47 bits per heavy atom. The Morgan fingerprint density at radius 1 is 0.967 bits per heavy atom. The molecular weight excluding hydrogens is 376 g/mol. The van der Waals surface area contributed by atoms with E-state index in [4.69, 9.17) is 15.1 Å². The molecule has 3 aromatic rings. The maximum Gasteiger partial charge on any atom is 0.225 e. The number of aryl methyl sites for hydroxylation is 3. The molecule has 3 heterocycles. The van der Waals surface area contributed by atoms with Crippen molar-refractivity contribution >= 4 is 22.8 Å². The van der Waals surface area contributed by atoms with Crippen molar-refractivity contribution in [2.75, 3.05) is 31.1 Å². The van der Waals surface area contributed by atoms with E-state index in [0.29, 0.717) is 5.91 Å². The number of hydrogen-bond donors (Lipinski definition) is 0. The van der Waals surface area contributed by atoms with Crippen LogP contribution in [0.15, 0.2) is 24.3 Å². The summed E-state index contributed by atoms with van der Waals surface area (Å²) in [6, 6.07) is 8.33. The maximum atomic E-state index is 12.5. The number of fused-ring (bicyclic) bond motifs is 1. The Balaban J connectivity index is 1.51. The van der Waals surface area contributed by atoms with Crippen molar-refractivity contribution in [1.82, 2.24) is 24.6 Å². The average Bonchev–Trinajstić information content (AvgIpc) is 3.55. The van der Waals surface area contributed by atoms with Crippen molar-refractivity contribution in [1.29, 1.82) is 0 Å². The van der Waals surface area contributed by atoms with Crippen LogP contribution in [0.3, 0.4) is 0 Å². The molecule has 156 valence electrons. The summed E-state index contributed by atoms with van der Waals surface area (Å²) < 4.78 is 1.92. The summed E-state index contributed by atoms with van der Waals surface area (Å²) in [5.74, 6) is 2.29. The molecule has 1 saturated carbocycles. The molecule has 0 N–H and O–H groups in total. The summed E-state index contributed by atoms with van der Waals surface area (Å²) in [5.41, 5.74) is 3.98. The number of carbonyl (C=O) groups excluding carboxylic acids is 1. The minimum atomic E-state index is 0.277. The summed E-state index contributed by atoms with van der Waals surface area (Å²) in [5, 5.41) is 5.81. The molecule has 7 nitrogen and oxygen atoms in total. The van der Waals surface area contributed by atoms with Crippen LogP contribution in [0, 0.1) is 26.7 Å². The number of carbonyl (C=O) groups is 1. The molecule has 2 aliphatic rings.